The van der Waals surface area contributed by atoms with Gasteiger partial charge in [0.25, 0.3) is 0 Å². The summed E-state index contributed by atoms with van der Waals surface area (Å²) in [5, 5.41) is 9.32. The number of hydrogen-bond acceptors (Lipinski definition) is 4. The highest BCUT2D eigenvalue weighted by molar-refractivity contribution is 6.30. The van der Waals surface area contributed by atoms with E-state index in [1.807, 2.05) is 18.2 Å². The van der Waals surface area contributed by atoms with Crippen LogP contribution in [0, 0.1) is 11.6 Å². The smallest absolute Gasteiger partial charge is 0.410 e. The maximum absolute atomic E-state index is 14.6. The first-order valence-corrected chi connectivity index (χ1v) is 10.8. The predicted octanol–water partition coefficient (Wildman–Crippen LogP) is 5.37. The number of carbonyl (C=O) groups is 2. The third-order valence-electron chi connectivity index (χ3n) is 5.46. The molecule has 1 N–H and O–H groups in total. The van der Waals surface area contributed by atoms with Crippen LogP contribution in [0.3, 0.4) is 0 Å². The van der Waals surface area contributed by atoms with E-state index in [-0.39, 0.29) is 47.0 Å². The summed E-state index contributed by atoms with van der Waals surface area (Å²) in [6.45, 7) is -0.561. The number of aliphatic carboxylic acids is 1. The lowest BCUT2D eigenvalue weighted by atomic mass is 9.87. The molecule has 6 nitrogen and oxygen atoms in total. The summed E-state index contributed by atoms with van der Waals surface area (Å²) < 4.78 is 39.8. The second-order valence-corrected chi connectivity index (χ2v) is 8.14. The second-order valence-electron chi connectivity index (χ2n) is 7.71. The molecule has 1 aliphatic rings. The summed E-state index contributed by atoms with van der Waals surface area (Å²) in [4.78, 5) is 25.6. The lowest BCUT2D eigenvalue weighted by Gasteiger charge is -2.37. The number of nitrogens with zero attached hydrogens (tertiary/aromatic N) is 1. The number of carboxylic acid groups (broad SMARTS) is 1. The van der Waals surface area contributed by atoms with Gasteiger partial charge in [0.05, 0.1) is 6.04 Å². The standard InChI is InChI=1S/C25H20ClF2NO5/c26-16-6-7-22(33-14-23(30)31)20(10-16)24-19-11-17(27)12-21(28)18(19)8-9-29(24)25(32)34-13-15-4-2-1-3-5-15/h1-7,10-12,24H,8-9,13-14H2,(H,30,31). The van der Waals surface area contributed by atoms with Crippen molar-refractivity contribution >= 4 is 23.7 Å². The third kappa shape index (κ3) is 5.12. The Morgan fingerprint density at radius 1 is 1.06 bits per heavy atom. The molecule has 1 amide bonds. The fraction of sp³-hybridized carbons (Fsp3) is 0.200. The maximum atomic E-state index is 14.6. The molecule has 0 aliphatic carbocycles. The third-order valence-corrected chi connectivity index (χ3v) is 5.70. The van der Waals surface area contributed by atoms with E-state index in [0.29, 0.717) is 0 Å². The molecule has 0 spiro atoms. The van der Waals surface area contributed by atoms with Gasteiger partial charge in [-0.25, -0.2) is 18.4 Å². The second kappa shape index (κ2) is 10.1. The zero-order valence-corrected chi connectivity index (χ0v) is 18.6. The maximum Gasteiger partial charge on any atom is 0.410 e. The number of ether oxygens (including phenoxy) is 2. The molecule has 1 aliphatic heterocycles. The minimum atomic E-state index is -1.21. The molecule has 0 saturated heterocycles. The van der Waals surface area contributed by atoms with Gasteiger partial charge in [-0.05, 0) is 47.4 Å². The Morgan fingerprint density at radius 2 is 1.82 bits per heavy atom. The molecule has 0 saturated carbocycles. The molecule has 0 fully saturated rings. The molecule has 34 heavy (non-hydrogen) atoms. The highest BCUT2D eigenvalue weighted by Crippen LogP contribution is 2.42. The summed E-state index contributed by atoms with van der Waals surface area (Å²) in [7, 11) is 0. The van der Waals surface area contributed by atoms with Gasteiger partial charge in [0, 0.05) is 23.2 Å². The Morgan fingerprint density at radius 3 is 2.56 bits per heavy atom. The Balaban J connectivity index is 1.76. The van der Waals surface area contributed by atoms with Gasteiger partial charge in [-0.3, -0.25) is 4.90 Å². The van der Waals surface area contributed by atoms with Crippen molar-refractivity contribution in [2.24, 2.45) is 0 Å². The number of halogens is 3. The van der Waals surface area contributed by atoms with E-state index in [4.69, 9.17) is 26.2 Å². The molecule has 4 rings (SSSR count). The van der Waals surface area contributed by atoms with Crippen molar-refractivity contribution in [3.05, 3.63) is 99.6 Å². The van der Waals surface area contributed by atoms with Crippen LogP contribution in [0.15, 0.2) is 60.7 Å². The van der Waals surface area contributed by atoms with Gasteiger partial charge in [0.1, 0.15) is 24.0 Å². The van der Waals surface area contributed by atoms with Crippen molar-refractivity contribution in [2.75, 3.05) is 13.2 Å². The van der Waals surface area contributed by atoms with Crippen LogP contribution in [-0.4, -0.2) is 35.2 Å². The van der Waals surface area contributed by atoms with E-state index < -0.39 is 36.3 Å². The molecule has 3 aromatic rings. The SMILES string of the molecule is O=C(O)COc1ccc(Cl)cc1C1c2cc(F)cc(F)c2CCN1C(=O)OCc1ccccc1. The predicted molar refractivity (Wildman–Crippen MR) is 120 cm³/mol. The van der Waals surface area contributed by atoms with Gasteiger partial charge in [-0.2, -0.15) is 0 Å². The minimum Gasteiger partial charge on any atom is -0.482 e. The van der Waals surface area contributed by atoms with Crippen LogP contribution in [0.2, 0.25) is 5.02 Å². The Kier molecular flexibility index (Phi) is 6.98. The molecule has 0 radical (unpaired) electrons. The lowest BCUT2D eigenvalue weighted by molar-refractivity contribution is -0.139. The Hall–Kier alpha value is -3.65. The summed E-state index contributed by atoms with van der Waals surface area (Å²) >= 11 is 6.20. The molecular weight excluding hydrogens is 468 g/mol. The molecule has 1 heterocycles. The van der Waals surface area contributed by atoms with Crippen LogP contribution in [0.25, 0.3) is 0 Å². The number of amides is 1. The normalized spacial score (nSPS) is 14.9. The van der Waals surface area contributed by atoms with Gasteiger partial charge in [0.15, 0.2) is 6.61 Å². The molecule has 1 unspecified atom stereocenters. The van der Waals surface area contributed by atoms with Gasteiger partial charge >= 0.3 is 12.1 Å². The number of fused-ring (bicyclic) bond motifs is 1. The van der Waals surface area contributed by atoms with Gasteiger partial charge in [-0.1, -0.05) is 41.9 Å². The quantitative estimate of drug-likeness (QED) is 0.506. The van der Waals surface area contributed by atoms with Gasteiger partial charge in [-0.15, -0.1) is 0 Å². The molecule has 0 aromatic heterocycles. The van der Waals surface area contributed by atoms with Crippen molar-refractivity contribution in [3.63, 3.8) is 0 Å². The van der Waals surface area contributed by atoms with Crippen LogP contribution in [0.4, 0.5) is 13.6 Å². The largest absolute Gasteiger partial charge is 0.482 e. The highest BCUT2D eigenvalue weighted by atomic mass is 35.5. The molecule has 0 bridgehead atoms. The highest BCUT2D eigenvalue weighted by Gasteiger charge is 2.37. The van der Waals surface area contributed by atoms with E-state index in [0.717, 1.165) is 17.7 Å². The van der Waals surface area contributed by atoms with E-state index in [2.05, 4.69) is 0 Å². The van der Waals surface area contributed by atoms with Crippen LogP contribution in [0.1, 0.15) is 28.3 Å². The summed E-state index contributed by atoms with van der Waals surface area (Å²) in [5.41, 5.74) is 1.53. The number of benzene rings is 3. The topological polar surface area (TPSA) is 76.1 Å². The molecule has 9 heteroatoms. The van der Waals surface area contributed by atoms with Crippen molar-refractivity contribution in [3.8, 4) is 5.75 Å². The van der Waals surface area contributed by atoms with Crippen molar-refractivity contribution < 1.29 is 33.0 Å². The number of carboxylic acids is 1. The van der Waals surface area contributed by atoms with E-state index >= 15 is 0 Å². The first-order valence-electron chi connectivity index (χ1n) is 10.4. The summed E-state index contributed by atoms with van der Waals surface area (Å²) in [5.74, 6) is -2.63. The monoisotopic (exact) mass is 487 g/mol. The zero-order chi connectivity index (χ0) is 24.2. The number of rotatable bonds is 6. The van der Waals surface area contributed by atoms with Crippen molar-refractivity contribution in [1.29, 1.82) is 0 Å². The van der Waals surface area contributed by atoms with Gasteiger partial charge < -0.3 is 14.6 Å². The van der Waals surface area contributed by atoms with Crippen LogP contribution in [-0.2, 0) is 22.6 Å². The van der Waals surface area contributed by atoms with Crippen molar-refractivity contribution in [1.82, 2.24) is 4.90 Å². The molecular formula is C25H20ClF2NO5. The van der Waals surface area contributed by atoms with Crippen molar-refractivity contribution in [2.45, 2.75) is 19.1 Å². The minimum absolute atomic E-state index is 0.00514. The average molecular weight is 488 g/mol. The van der Waals surface area contributed by atoms with E-state index in [1.165, 1.54) is 23.1 Å². The summed E-state index contributed by atoms with van der Waals surface area (Å²) in [6, 6.07) is 14.4. The number of carbonyl (C=O) groups excluding carboxylic acids is 1. The average Bonchev–Trinajstić information content (AvgIpc) is 2.81. The molecule has 3 aromatic carbocycles. The Bertz CT molecular complexity index is 1220. The van der Waals surface area contributed by atoms with Crippen LogP contribution < -0.4 is 4.74 Å². The zero-order valence-electron chi connectivity index (χ0n) is 17.8. The first-order chi connectivity index (χ1) is 16.3. The molecule has 1 atom stereocenters. The summed E-state index contributed by atoms with van der Waals surface area (Å²) in [6.07, 6.45) is -0.557. The lowest BCUT2D eigenvalue weighted by Crippen LogP contribution is -2.41. The molecule has 176 valence electrons. The van der Waals surface area contributed by atoms with E-state index in [9.17, 15) is 18.4 Å². The fourth-order valence-electron chi connectivity index (χ4n) is 4.00. The van der Waals surface area contributed by atoms with E-state index in [1.54, 1.807) is 12.1 Å². The first kappa shape index (κ1) is 23.5. The Labute approximate surface area is 199 Å². The fourth-order valence-corrected chi connectivity index (χ4v) is 4.18. The van der Waals surface area contributed by atoms with Crippen LogP contribution >= 0.6 is 11.6 Å². The van der Waals surface area contributed by atoms with Crippen LogP contribution in [0.5, 0.6) is 5.75 Å². The van der Waals surface area contributed by atoms with Gasteiger partial charge in [0.2, 0.25) is 0 Å². The number of hydrogen-bond donors (Lipinski definition) is 1.